The highest BCUT2D eigenvalue weighted by molar-refractivity contribution is 6.23. The molecule has 0 atom stereocenters. The van der Waals surface area contributed by atoms with Gasteiger partial charge in [0.1, 0.15) is 5.82 Å². The Labute approximate surface area is 110 Å². The van der Waals surface area contributed by atoms with E-state index in [1.54, 1.807) is 0 Å². The number of benzene rings is 1. The van der Waals surface area contributed by atoms with Gasteiger partial charge in [-0.25, -0.2) is 9.18 Å². The van der Waals surface area contributed by atoms with E-state index in [1.807, 2.05) is 0 Å². The van der Waals surface area contributed by atoms with E-state index in [1.165, 1.54) is 31.4 Å². The van der Waals surface area contributed by atoms with Crippen molar-refractivity contribution in [2.75, 3.05) is 13.7 Å². The Morgan fingerprint density at radius 1 is 1.32 bits per heavy atom. The number of carbonyl (C=O) groups excluding carboxylic acids is 2. The van der Waals surface area contributed by atoms with E-state index in [9.17, 15) is 14.0 Å². The van der Waals surface area contributed by atoms with Crippen molar-refractivity contribution < 1.29 is 18.7 Å². The Morgan fingerprint density at radius 2 is 2.00 bits per heavy atom. The number of hydrogen-bond acceptors (Lipinski definition) is 3. The van der Waals surface area contributed by atoms with Crippen LogP contribution >= 0.6 is 0 Å². The molecule has 0 radical (unpaired) electrons. The van der Waals surface area contributed by atoms with Gasteiger partial charge >= 0.3 is 5.97 Å². The lowest BCUT2D eigenvalue weighted by molar-refractivity contribution is -0.134. The fourth-order valence-corrected chi connectivity index (χ4v) is 2.06. The van der Waals surface area contributed by atoms with Crippen molar-refractivity contribution in [2.24, 2.45) is 0 Å². The molecule has 5 heteroatoms. The smallest absolute Gasteiger partial charge is 0.338 e. The molecule has 1 N–H and O–H groups in total. The van der Waals surface area contributed by atoms with Crippen LogP contribution in [-0.4, -0.2) is 25.5 Å². The van der Waals surface area contributed by atoms with Crippen LogP contribution in [0.4, 0.5) is 4.39 Å². The average molecular weight is 263 g/mol. The summed E-state index contributed by atoms with van der Waals surface area (Å²) in [5.74, 6) is -1.25. The molecule has 4 nitrogen and oxygen atoms in total. The zero-order valence-electron chi connectivity index (χ0n) is 10.5. The van der Waals surface area contributed by atoms with Crippen molar-refractivity contribution in [1.82, 2.24) is 5.32 Å². The number of ether oxygens (including phenoxy) is 1. The number of halogens is 1. The van der Waals surface area contributed by atoms with Gasteiger partial charge in [0.2, 0.25) is 5.91 Å². The Morgan fingerprint density at radius 3 is 2.58 bits per heavy atom. The quantitative estimate of drug-likeness (QED) is 0.652. The van der Waals surface area contributed by atoms with Gasteiger partial charge in [-0.1, -0.05) is 12.1 Å². The van der Waals surface area contributed by atoms with Gasteiger partial charge in [-0.2, -0.15) is 0 Å². The van der Waals surface area contributed by atoms with Gasteiger partial charge in [-0.05, 0) is 30.5 Å². The summed E-state index contributed by atoms with van der Waals surface area (Å²) in [5, 5.41) is 2.69. The van der Waals surface area contributed by atoms with Crippen molar-refractivity contribution >= 4 is 17.4 Å². The number of methoxy groups -OCH3 is 1. The minimum Gasteiger partial charge on any atom is -0.465 e. The van der Waals surface area contributed by atoms with Gasteiger partial charge < -0.3 is 10.1 Å². The van der Waals surface area contributed by atoms with Crippen molar-refractivity contribution in [2.45, 2.75) is 12.8 Å². The Balaban J connectivity index is 2.52. The highest BCUT2D eigenvalue weighted by Crippen LogP contribution is 2.25. The molecule has 0 aliphatic carbocycles. The molecule has 0 aromatic heterocycles. The lowest BCUT2D eigenvalue weighted by Gasteiger charge is -2.18. The molecule has 0 saturated carbocycles. The maximum absolute atomic E-state index is 12.9. The van der Waals surface area contributed by atoms with Gasteiger partial charge in [-0.3, -0.25) is 4.79 Å². The second-order valence-corrected chi connectivity index (χ2v) is 4.21. The zero-order chi connectivity index (χ0) is 13.8. The summed E-state index contributed by atoms with van der Waals surface area (Å²) < 4.78 is 17.7. The lowest BCUT2D eigenvalue weighted by atomic mass is 9.94. The van der Waals surface area contributed by atoms with Crippen LogP contribution in [0.3, 0.4) is 0 Å². The van der Waals surface area contributed by atoms with Gasteiger partial charge in [0.25, 0.3) is 0 Å². The first-order chi connectivity index (χ1) is 9.13. The molecule has 0 unspecified atom stereocenters. The van der Waals surface area contributed by atoms with E-state index < -0.39 is 11.8 Å². The Hall–Kier alpha value is -2.17. The molecule has 1 saturated heterocycles. The van der Waals surface area contributed by atoms with Crippen LogP contribution in [-0.2, 0) is 14.3 Å². The standard InChI is InChI=1S/C14H14FNO3/c1-19-14(18)12(9-4-6-10(15)7-5-9)11-3-2-8-16-13(11)17/h4-7H,2-3,8H2,1H3,(H,16,17). The SMILES string of the molecule is COC(=O)C(=C1CCCNC1=O)c1ccc(F)cc1. The fourth-order valence-electron chi connectivity index (χ4n) is 2.06. The summed E-state index contributed by atoms with van der Waals surface area (Å²) in [5.41, 5.74) is 1.09. The van der Waals surface area contributed by atoms with E-state index in [0.29, 0.717) is 24.1 Å². The second-order valence-electron chi connectivity index (χ2n) is 4.21. The molecule has 1 aliphatic heterocycles. The summed E-state index contributed by atoms with van der Waals surface area (Å²) in [7, 11) is 1.26. The molecule has 1 heterocycles. The van der Waals surface area contributed by atoms with Crippen LogP contribution in [0.1, 0.15) is 18.4 Å². The molecular formula is C14H14FNO3. The molecule has 100 valence electrons. The van der Waals surface area contributed by atoms with Crippen LogP contribution in [0.2, 0.25) is 0 Å². The summed E-state index contributed by atoms with van der Waals surface area (Å²) >= 11 is 0. The van der Waals surface area contributed by atoms with Crippen molar-refractivity contribution in [3.63, 3.8) is 0 Å². The minimum atomic E-state index is -0.585. The largest absolute Gasteiger partial charge is 0.465 e. The molecule has 1 aromatic rings. The number of esters is 1. The minimum absolute atomic E-state index is 0.208. The van der Waals surface area contributed by atoms with Gasteiger partial charge in [0.15, 0.2) is 0 Å². The summed E-state index contributed by atoms with van der Waals surface area (Å²) in [6.45, 7) is 0.597. The van der Waals surface area contributed by atoms with Gasteiger partial charge in [0, 0.05) is 12.1 Å². The number of rotatable bonds is 2. The number of piperidine rings is 1. The van der Waals surface area contributed by atoms with Crippen molar-refractivity contribution in [3.8, 4) is 0 Å². The average Bonchev–Trinajstić information content (AvgIpc) is 2.43. The first-order valence-electron chi connectivity index (χ1n) is 5.99. The lowest BCUT2D eigenvalue weighted by Crippen LogP contribution is -2.32. The van der Waals surface area contributed by atoms with Gasteiger partial charge in [-0.15, -0.1) is 0 Å². The molecule has 0 spiro atoms. The molecular weight excluding hydrogens is 249 g/mol. The number of nitrogens with one attached hydrogen (secondary N) is 1. The molecule has 1 aliphatic rings. The van der Waals surface area contributed by atoms with Crippen LogP contribution in [0.25, 0.3) is 5.57 Å². The molecule has 2 rings (SSSR count). The number of hydrogen-bond donors (Lipinski definition) is 1. The van der Waals surface area contributed by atoms with E-state index >= 15 is 0 Å². The first-order valence-corrected chi connectivity index (χ1v) is 5.99. The van der Waals surface area contributed by atoms with E-state index in [2.05, 4.69) is 5.32 Å². The molecule has 1 fully saturated rings. The normalized spacial score (nSPS) is 17.7. The third-order valence-corrected chi connectivity index (χ3v) is 2.99. The Bertz CT molecular complexity index is 534. The molecule has 1 amide bonds. The third-order valence-electron chi connectivity index (χ3n) is 2.99. The van der Waals surface area contributed by atoms with Crippen LogP contribution in [0.5, 0.6) is 0 Å². The van der Waals surface area contributed by atoms with E-state index in [0.717, 1.165) is 6.42 Å². The summed E-state index contributed by atoms with van der Waals surface area (Å²) in [4.78, 5) is 23.7. The monoisotopic (exact) mass is 263 g/mol. The number of carbonyl (C=O) groups is 2. The van der Waals surface area contributed by atoms with E-state index in [4.69, 9.17) is 4.74 Å². The maximum atomic E-state index is 12.9. The van der Waals surface area contributed by atoms with Crippen LogP contribution in [0, 0.1) is 5.82 Å². The second kappa shape index (κ2) is 5.65. The predicted molar refractivity (Wildman–Crippen MR) is 67.6 cm³/mol. The third kappa shape index (κ3) is 2.81. The van der Waals surface area contributed by atoms with E-state index in [-0.39, 0.29) is 11.5 Å². The van der Waals surface area contributed by atoms with Crippen molar-refractivity contribution in [1.29, 1.82) is 0 Å². The topological polar surface area (TPSA) is 55.4 Å². The zero-order valence-corrected chi connectivity index (χ0v) is 10.5. The Kier molecular flexibility index (Phi) is 3.94. The first kappa shape index (κ1) is 13.3. The highest BCUT2D eigenvalue weighted by Gasteiger charge is 2.25. The van der Waals surface area contributed by atoms with Crippen LogP contribution in [0.15, 0.2) is 29.8 Å². The fraction of sp³-hybridized carbons (Fsp3) is 0.286. The summed E-state index contributed by atoms with van der Waals surface area (Å²) in [6.07, 6.45) is 1.27. The predicted octanol–water partition coefficient (Wildman–Crippen LogP) is 1.66. The van der Waals surface area contributed by atoms with Gasteiger partial charge in [0.05, 0.1) is 12.7 Å². The van der Waals surface area contributed by atoms with Crippen molar-refractivity contribution in [3.05, 3.63) is 41.2 Å². The molecule has 1 aromatic carbocycles. The highest BCUT2D eigenvalue weighted by atomic mass is 19.1. The van der Waals surface area contributed by atoms with Crippen LogP contribution < -0.4 is 5.32 Å². The maximum Gasteiger partial charge on any atom is 0.338 e. The summed E-state index contributed by atoms with van der Waals surface area (Å²) in [6, 6.07) is 5.44. The molecule has 0 bridgehead atoms. The number of amides is 1. The molecule has 19 heavy (non-hydrogen) atoms.